The Morgan fingerprint density at radius 3 is 2.63 bits per heavy atom. The number of likely N-dealkylation sites (tertiary alicyclic amines) is 1. The van der Waals surface area contributed by atoms with E-state index in [1.807, 2.05) is 0 Å². The van der Waals surface area contributed by atoms with Crippen LogP contribution in [0.15, 0.2) is 0 Å². The number of nitrogens with one attached hydrogen (secondary N) is 1. The van der Waals surface area contributed by atoms with Crippen molar-refractivity contribution in [1.82, 2.24) is 10.2 Å². The Hall–Kier alpha value is -0.570. The van der Waals surface area contributed by atoms with E-state index in [-0.39, 0.29) is 0 Å². The molecule has 3 nitrogen and oxygen atoms in total. The van der Waals surface area contributed by atoms with Gasteiger partial charge in [0.1, 0.15) is 0 Å². The first-order chi connectivity index (χ1) is 9.29. The molecule has 2 bridgehead atoms. The Morgan fingerprint density at radius 1 is 1.21 bits per heavy atom. The maximum Gasteiger partial charge on any atom is 0.226 e. The number of likely N-dealkylation sites (N-methyl/N-ethyl adjacent to an activating group) is 1. The van der Waals surface area contributed by atoms with Gasteiger partial charge in [-0.2, -0.15) is 0 Å². The molecule has 0 aromatic heterocycles. The van der Waals surface area contributed by atoms with Crippen molar-refractivity contribution in [2.45, 2.75) is 45.1 Å². The molecular formula is C16H26N2O. The fourth-order valence-electron chi connectivity index (χ4n) is 5.50. The second-order valence-electron chi connectivity index (χ2n) is 7.19. The molecule has 0 spiro atoms. The van der Waals surface area contributed by atoms with Crippen molar-refractivity contribution in [3.8, 4) is 0 Å². The van der Waals surface area contributed by atoms with Gasteiger partial charge >= 0.3 is 0 Å². The van der Waals surface area contributed by atoms with Crippen molar-refractivity contribution in [3.63, 3.8) is 0 Å². The average molecular weight is 262 g/mol. The van der Waals surface area contributed by atoms with E-state index in [1.54, 1.807) is 0 Å². The van der Waals surface area contributed by atoms with Crippen LogP contribution >= 0.6 is 0 Å². The van der Waals surface area contributed by atoms with E-state index in [2.05, 4.69) is 17.1 Å². The van der Waals surface area contributed by atoms with Crippen LogP contribution in [0.3, 0.4) is 0 Å². The topological polar surface area (TPSA) is 32.3 Å². The van der Waals surface area contributed by atoms with Crippen LogP contribution in [0.1, 0.15) is 39.0 Å². The predicted octanol–water partition coefficient (Wildman–Crippen LogP) is 1.88. The molecule has 0 aromatic rings. The van der Waals surface area contributed by atoms with E-state index in [1.165, 1.54) is 32.1 Å². The van der Waals surface area contributed by atoms with Gasteiger partial charge in [-0.25, -0.2) is 0 Å². The molecule has 4 aliphatic rings. The summed E-state index contributed by atoms with van der Waals surface area (Å²) < 4.78 is 0. The van der Waals surface area contributed by atoms with Gasteiger partial charge in [0.2, 0.25) is 5.91 Å². The van der Waals surface area contributed by atoms with E-state index in [4.69, 9.17) is 0 Å². The van der Waals surface area contributed by atoms with E-state index in [9.17, 15) is 4.79 Å². The summed E-state index contributed by atoms with van der Waals surface area (Å²) in [5, 5.41) is 3.52. The van der Waals surface area contributed by atoms with E-state index in [0.717, 1.165) is 43.3 Å². The fraction of sp³-hybridized carbons (Fsp3) is 0.938. The minimum atomic E-state index is 0.437. The number of rotatable bonds is 3. The van der Waals surface area contributed by atoms with Crippen molar-refractivity contribution in [2.24, 2.45) is 29.6 Å². The lowest BCUT2D eigenvalue weighted by atomic mass is 10.00. The molecule has 19 heavy (non-hydrogen) atoms. The van der Waals surface area contributed by atoms with Crippen LogP contribution in [0.5, 0.6) is 0 Å². The zero-order valence-corrected chi connectivity index (χ0v) is 12.0. The number of carbonyl (C=O) groups excluding carboxylic acids is 1. The minimum Gasteiger partial charge on any atom is -0.341 e. The minimum absolute atomic E-state index is 0.437. The molecule has 3 heteroatoms. The van der Waals surface area contributed by atoms with Crippen LogP contribution in [0.25, 0.3) is 0 Å². The first-order valence-electron chi connectivity index (χ1n) is 8.31. The fourth-order valence-corrected chi connectivity index (χ4v) is 5.50. The largest absolute Gasteiger partial charge is 0.341 e. The highest BCUT2D eigenvalue weighted by molar-refractivity contribution is 5.83. The van der Waals surface area contributed by atoms with Crippen molar-refractivity contribution in [1.29, 1.82) is 0 Å². The number of fused-ring (bicyclic) bond motifs is 5. The normalized spacial score (nSPS) is 47.3. The Morgan fingerprint density at radius 2 is 1.95 bits per heavy atom. The highest BCUT2D eigenvalue weighted by Gasteiger charge is 2.68. The zero-order chi connectivity index (χ0) is 13.0. The summed E-state index contributed by atoms with van der Waals surface area (Å²) in [6.45, 7) is 5.14. The number of piperidine rings is 1. The van der Waals surface area contributed by atoms with Gasteiger partial charge in [0, 0.05) is 25.0 Å². The molecule has 5 atom stereocenters. The lowest BCUT2D eigenvalue weighted by Crippen LogP contribution is -2.48. The van der Waals surface area contributed by atoms with Gasteiger partial charge in [-0.15, -0.1) is 0 Å². The maximum absolute atomic E-state index is 12.7. The third-order valence-corrected chi connectivity index (χ3v) is 6.25. The molecule has 3 aliphatic carbocycles. The van der Waals surface area contributed by atoms with Crippen LogP contribution in [-0.4, -0.2) is 36.5 Å². The molecule has 3 saturated carbocycles. The summed E-state index contributed by atoms with van der Waals surface area (Å²) in [6.07, 6.45) is 6.68. The Kier molecular flexibility index (Phi) is 2.87. The molecule has 1 heterocycles. The summed E-state index contributed by atoms with van der Waals surface area (Å²) in [7, 11) is 0. The molecular weight excluding hydrogens is 236 g/mol. The van der Waals surface area contributed by atoms with Crippen LogP contribution in [-0.2, 0) is 4.79 Å². The molecule has 0 aromatic carbocycles. The van der Waals surface area contributed by atoms with Gasteiger partial charge in [-0.05, 0) is 62.3 Å². The quantitative estimate of drug-likeness (QED) is 0.842. The first kappa shape index (κ1) is 12.2. The van der Waals surface area contributed by atoms with Gasteiger partial charge < -0.3 is 10.2 Å². The third kappa shape index (κ3) is 1.84. The Bertz CT molecular complexity index is 365. The lowest BCUT2D eigenvalue weighted by molar-refractivity contribution is -0.135. The molecule has 1 N–H and O–H groups in total. The summed E-state index contributed by atoms with van der Waals surface area (Å²) in [6, 6.07) is 0.540. The number of hydrogen-bond donors (Lipinski definition) is 1. The van der Waals surface area contributed by atoms with E-state index >= 15 is 0 Å². The predicted molar refractivity (Wildman–Crippen MR) is 74.6 cm³/mol. The molecule has 1 amide bonds. The number of nitrogens with zero attached hydrogens (tertiary/aromatic N) is 1. The number of amides is 1. The van der Waals surface area contributed by atoms with Crippen molar-refractivity contribution in [2.75, 3.05) is 19.6 Å². The zero-order valence-electron chi connectivity index (χ0n) is 12.0. The molecule has 1 saturated heterocycles. The molecule has 1 aliphatic heterocycles. The summed E-state index contributed by atoms with van der Waals surface area (Å²) in [5.74, 6) is 4.37. The van der Waals surface area contributed by atoms with Gasteiger partial charge in [0.15, 0.2) is 0 Å². The lowest BCUT2D eigenvalue weighted by Gasteiger charge is -2.33. The SMILES string of the molecule is CCNC1CCCN(C(=O)C2C3C4CCC(C4)C23)C1. The molecule has 4 rings (SSSR count). The highest BCUT2D eigenvalue weighted by atomic mass is 16.2. The van der Waals surface area contributed by atoms with Gasteiger partial charge in [-0.1, -0.05) is 6.92 Å². The Balaban J connectivity index is 1.39. The molecule has 4 fully saturated rings. The smallest absolute Gasteiger partial charge is 0.226 e. The summed E-state index contributed by atoms with van der Waals surface area (Å²) in [5.41, 5.74) is 0. The van der Waals surface area contributed by atoms with Crippen molar-refractivity contribution in [3.05, 3.63) is 0 Å². The third-order valence-electron chi connectivity index (χ3n) is 6.25. The maximum atomic E-state index is 12.7. The summed E-state index contributed by atoms with van der Waals surface area (Å²) in [4.78, 5) is 14.9. The monoisotopic (exact) mass is 262 g/mol. The van der Waals surface area contributed by atoms with Crippen LogP contribution in [0, 0.1) is 29.6 Å². The number of carbonyl (C=O) groups is 1. The van der Waals surface area contributed by atoms with E-state index < -0.39 is 0 Å². The molecule has 5 unspecified atom stereocenters. The van der Waals surface area contributed by atoms with Gasteiger partial charge in [-0.3, -0.25) is 4.79 Å². The molecule has 106 valence electrons. The van der Waals surface area contributed by atoms with Gasteiger partial charge in [0.05, 0.1) is 0 Å². The second kappa shape index (κ2) is 4.47. The standard InChI is InChI=1S/C16H26N2O/c1-2-17-12-4-3-7-18(9-12)16(19)15-13-10-5-6-11(8-10)14(13)15/h10-15,17H,2-9H2,1H3. The highest BCUT2D eigenvalue weighted by Crippen LogP contribution is 2.69. The average Bonchev–Trinajstić information content (AvgIpc) is 2.86. The van der Waals surface area contributed by atoms with Crippen LogP contribution in [0.2, 0.25) is 0 Å². The van der Waals surface area contributed by atoms with Crippen molar-refractivity contribution < 1.29 is 4.79 Å². The molecule has 0 radical (unpaired) electrons. The summed E-state index contributed by atoms with van der Waals surface area (Å²) >= 11 is 0. The Labute approximate surface area is 116 Å². The number of hydrogen-bond acceptors (Lipinski definition) is 2. The van der Waals surface area contributed by atoms with Crippen molar-refractivity contribution >= 4 is 5.91 Å². The van der Waals surface area contributed by atoms with Crippen LogP contribution in [0.4, 0.5) is 0 Å². The van der Waals surface area contributed by atoms with Gasteiger partial charge in [0.25, 0.3) is 0 Å². The second-order valence-corrected chi connectivity index (χ2v) is 7.19. The van der Waals surface area contributed by atoms with E-state index in [0.29, 0.717) is 17.9 Å². The van der Waals surface area contributed by atoms with Crippen LogP contribution < -0.4 is 5.32 Å². The first-order valence-corrected chi connectivity index (χ1v) is 8.31.